The third-order valence-corrected chi connectivity index (χ3v) is 4.67. The molecule has 1 N–H and O–H groups in total. The second-order valence-electron chi connectivity index (χ2n) is 6.23. The highest BCUT2D eigenvalue weighted by Gasteiger charge is 2.34. The van der Waals surface area contributed by atoms with Gasteiger partial charge < -0.3 is 14.7 Å². The van der Waals surface area contributed by atoms with E-state index in [1.165, 1.54) is 12.1 Å². The van der Waals surface area contributed by atoms with Gasteiger partial charge in [0.1, 0.15) is 11.9 Å². The lowest BCUT2D eigenvalue weighted by Crippen LogP contribution is -2.34. The SMILES string of the molecule is O=C(Nc1ccccc1F)N1CCC[C@H]1c1nc(-c2cccc(Cl)c2)no1. The van der Waals surface area contributed by atoms with Gasteiger partial charge in [0.05, 0.1) is 5.69 Å². The fourth-order valence-corrected chi connectivity index (χ4v) is 3.32. The fourth-order valence-electron chi connectivity index (χ4n) is 3.13. The van der Waals surface area contributed by atoms with E-state index in [4.69, 9.17) is 16.1 Å². The van der Waals surface area contributed by atoms with Crippen LogP contribution in [0.2, 0.25) is 5.02 Å². The second kappa shape index (κ2) is 7.36. The molecule has 6 nitrogen and oxygen atoms in total. The van der Waals surface area contributed by atoms with Crippen molar-refractivity contribution in [1.82, 2.24) is 15.0 Å². The van der Waals surface area contributed by atoms with E-state index >= 15 is 0 Å². The second-order valence-corrected chi connectivity index (χ2v) is 6.66. The molecule has 2 aromatic carbocycles. The molecule has 1 fully saturated rings. The van der Waals surface area contributed by atoms with Gasteiger partial charge in [-0.1, -0.05) is 41.0 Å². The van der Waals surface area contributed by atoms with Crippen LogP contribution in [0.3, 0.4) is 0 Å². The smallest absolute Gasteiger partial charge is 0.322 e. The third-order valence-electron chi connectivity index (χ3n) is 4.44. The topological polar surface area (TPSA) is 71.3 Å². The number of carbonyl (C=O) groups excluding carboxylic acids is 1. The number of benzene rings is 2. The number of carbonyl (C=O) groups is 1. The summed E-state index contributed by atoms with van der Waals surface area (Å²) in [5.74, 6) is 0.280. The Hall–Kier alpha value is -2.93. The molecular formula is C19H16ClFN4O2. The van der Waals surface area contributed by atoms with Crippen molar-refractivity contribution in [2.24, 2.45) is 0 Å². The standard InChI is InChI=1S/C19H16ClFN4O2/c20-13-6-3-5-12(11-13)17-23-18(27-24-17)16-9-4-10-25(16)19(26)22-15-8-2-1-7-14(15)21/h1-3,5-8,11,16H,4,9-10H2,(H,22,26)/t16-/m0/s1. The molecular weight excluding hydrogens is 371 g/mol. The number of anilines is 1. The molecule has 27 heavy (non-hydrogen) atoms. The largest absolute Gasteiger partial charge is 0.337 e. The first-order chi connectivity index (χ1) is 13.1. The Morgan fingerprint density at radius 1 is 1.26 bits per heavy atom. The minimum atomic E-state index is -0.484. The summed E-state index contributed by atoms with van der Waals surface area (Å²) in [6, 6.07) is 12.4. The number of para-hydroxylation sites is 1. The number of amides is 2. The average Bonchev–Trinajstić information content (AvgIpc) is 3.33. The molecule has 0 radical (unpaired) electrons. The monoisotopic (exact) mass is 386 g/mol. The molecule has 1 aromatic heterocycles. The lowest BCUT2D eigenvalue weighted by molar-refractivity contribution is 0.193. The van der Waals surface area contributed by atoms with Gasteiger partial charge in [0.15, 0.2) is 0 Å². The van der Waals surface area contributed by atoms with Crippen molar-refractivity contribution in [3.05, 3.63) is 65.3 Å². The number of aromatic nitrogens is 2. The molecule has 0 spiro atoms. The number of hydrogen-bond acceptors (Lipinski definition) is 4. The first kappa shape index (κ1) is 17.5. The van der Waals surface area contributed by atoms with Crippen molar-refractivity contribution in [2.45, 2.75) is 18.9 Å². The molecule has 1 aliphatic heterocycles. The molecule has 0 saturated carbocycles. The van der Waals surface area contributed by atoms with E-state index in [0.29, 0.717) is 29.7 Å². The van der Waals surface area contributed by atoms with Gasteiger partial charge in [0.25, 0.3) is 0 Å². The Morgan fingerprint density at radius 2 is 2.11 bits per heavy atom. The molecule has 0 unspecified atom stereocenters. The van der Waals surface area contributed by atoms with Crippen LogP contribution >= 0.6 is 11.6 Å². The maximum atomic E-state index is 13.8. The minimum absolute atomic E-state index is 0.137. The van der Waals surface area contributed by atoms with E-state index in [-0.39, 0.29) is 11.7 Å². The molecule has 8 heteroatoms. The van der Waals surface area contributed by atoms with Crippen molar-refractivity contribution in [3.8, 4) is 11.4 Å². The first-order valence-electron chi connectivity index (χ1n) is 8.53. The lowest BCUT2D eigenvalue weighted by Gasteiger charge is -2.22. The molecule has 0 bridgehead atoms. The van der Waals surface area contributed by atoms with Gasteiger partial charge in [-0.3, -0.25) is 0 Å². The van der Waals surface area contributed by atoms with Crippen molar-refractivity contribution in [3.63, 3.8) is 0 Å². The lowest BCUT2D eigenvalue weighted by atomic mass is 10.2. The highest BCUT2D eigenvalue weighted by atomic mass is 35.5. The van der Waals surface area contributed by atoms with Crippen LogP contribution in [0.1, 0.15) is 24.8 Å². The first-order valence-corrected chi connectivity index (χ1v) is 8.91. The minimum Gasteiger partial charge on any atom is -0.337 e. The summed E-state index contributed by atoms with van der Waals surface area (Å²) in [5.41, 5.74) is 0.871. The summed E-state index contributed by atoms with van der Waals surface area (Å²) < 4.78 is 19.2. The van der Waals surface area contributed by atoms with E-state index in [1.807, 2.05) is 6.07 Å². The predicted molar refractivity (Wildman–Crippen MR) is 98.8 cm³/mol. The highest BCUT2D eigenvalue weighted by Crippen LogP contribution is 2.33. The zero-order chi connectivity index (χ0) is 18.8. The zero-order valence-corrected chi connectivity index (χ0v) is 15.0. The molecule has 1 atom stereocenters. The Kier molecular flexibility index (Phi) is 4.77. The molecule has 0 aliphatic carbocycles. The van der Waals surface area contributed by atoms with E-state index < -0.39 is 11.8 Å². The molecule has 4 rings (SSSR count). The normalized spacial score (nSPS) is 16.5. The van der Waals surface area contributed by atoms with Crippen LogP contribution in [-0.2, 0) is 0 Å². The maximum Gasteiger partial charge on any atom is 0.322 e. The van der Waals surface area contributed by atoms with Crippen molar-refractivity contribution >= 4 is 23.3 Å². The van der Waals surface area contributed by atoms with Crippen LogP contribution in [0.15, 0.2) is 53.1 Å². The van der Waals surface area contributed by atoms with Gasteiger partial charge in [0, 0.05) is 17.1 Å². The quantitative estimate of drug-likeness (QED) is 0.695. The summed E-state index contributed by atoms with van der Waals surface area (Å²) in [5, 5.41) is 7.18. The van der Waals surface area contributed by atoms with Gasteiger partial charge in [-0.15, -0.1) is 0 Å². The van der Waals surface area contributed by atoms with Crippen LogP contribution in [0.5, 0.6) is 0 Å². The van der Waals surface area contributed by atoms with E-state index in [1.54, 1.807) is 35.2 Å². The van der Waals surface area contributed by atoms with Gasteiger partial charge in [-0.25, -0.2) is 9.18 Å². The van der Waals surface area contributed by atoms with Crippen LogP contribution in [0, 0.1) is 5.82 Å². The number of likely N-dealkylation sites (tertiary alicyclic amines) is 1. The number of nitrogens with zero attached hydrogens (tertiary/aromatic N) is 3. The number of nitrogens with one attached hydrogen (secondary N) is 1. The van der Waals surface area contributed by atoms with Crippen molar-refractivity contribution in [2.75, 3.05) is 11.9 Å². The van der Waals surface area contributed by atoms with E-state index in [2.05, 4.69) is 15.5 Å². The van der Waals surface area contributed by atoms with E-state index in [0.717, 1.165) is 12.0 Å². The summed E-state index contributed by atoms with van der Waals surface area (Å²) in [6.45, 7) is 0.528. The summed E-state index contributed by atoms with van der Waals surface area (Å²) in [4.78, 5) is 18.6. The van der Waals surface area contributed by atoms with E-state index in [9.17, 15) is 9.18 Å². The molecule has 2 amide bonds. The van der Waals surface area contributed by atoms with Crippen molar-refractivity contribution < 1.29 is 13.7 Å². The Balaban J connectivity index is 1.53. The Labute approximate surface area is 159 Å². The van der Waals surface area contributed by atoms with Crippen LogP contribution in [-0.4, -0.2) is 27.6 Å². The van der Waals surface area contributed by atoms with Crippen molar-refractivity contribution in [1.29, 1.82) is 0 Å². The highest BCUT2D eigenvalue weighted by molar-refractivity contribution is 6.30. The van der Waals surface area contributed by atoms with Gasteiger partial charge >= 0.3 is 6.03 Å². The number of urea groups is 1. The predicted octanol–water partition coefficient (Wildman–Crippen LogP) is 4.90. The van der Waals surface area contributed by atoms with Crippen LogP contribution < -0.4 is 5.32 Å². The number of hydrogen-bond donors (Lipinski definition) is 1. The summed E-state index contributed by atoms with van der Waals surface area (Å²) >= 11 is 6.01. The van der Waals surface area contributed by atoms with Crippen LogP contribution in [0.25, 0.3) is 11.4 Å². The Bertz CT molecular complexity index is 978. The number of halogens is 2. The summed E-state index contributed by atoms with van der Waals surface area (Å²) in [7, 11) is 0. The fraction of sp³-hybridized carbons (Fsp3) is 0.211. The van der Waals surface area contributed by atoms with Gasteiger partial charge in [0.2, 0.25) is 11.7 Å². The molecule has 2 heterocycles. The molecule has 1 saturated heterocycles. The van der Waals surface area contributed by atoms with Crippen LogP contribution in [0.4, 0.5) is 14.9 Å². The molecule has 3 aromatic rings. The number of rotatable bonds is 3. The van der Waals surface area contributed by atoms with Gasteiger partial charge in [-0.2, -0.15) is 4.98 Å². The average molecular weight is 387 g/mol. The molecule has 138 valence electrons. The zero-order valence-electron chi connectivity index (χ0n) is 14.2. The Morgan fingerprint density at radius 3 is 2.93 bits per heavy atom. The van der Waals surface area contributed by atoms with Gasteiger partial charge in [-0.05, 0) is 37.1 Å². The maximum absolute atomic E-state index is 13.8. The molecule has 1 aliphatic rings. The summed E-state index contributed by atoms with van der Waals surface area (Å²) in [6.07, 6.45) is 1.49. The third kappa shape index (κ3) is 3.64.